The van der Waals surface area contributed by atoms with Gasteiger partial charge in [-0.1, -0.05) is 0 Å². The molecule has 0 aliphatic heterocycles. The van der Waals surface area contributed by atoms with E-state index in [9.17, 15) is 4.79 Å². The molecule has 100 valence electrons. The highest BCUT2D eigenvalue weighted by Gasteiger charge is 2.07. The highest BCUT2D eigenvalue weighted by molar-refractivity contribution is 5.89. The van der Waals surface area contributed by atoms with E-state index in [4.69, 9.17) is 9.84 Å². The molecule has 0 saturated heterocycles. The van der Waals surface area contributed by atoms with E-state index in [2.05, 4.69) is 4.98 Å². The van der Waals surface area contributed by atoms with Gasteiger partial charge in [-0.25, -0.2) is 9.78 Å². The molecular formula is C14H16N2O3. The lowest BCUT2D eigenvalue weighted by atomic mass is 10.1. The number of aromatic carboxylic acids is 1. The number of carboxylic acids is 1. The van der Waals surface area contributed by atoms with E-state index in [1.165, 1.54) is 0 Å². The Morgan fingerprint density at radius 2 is 2.26 bits per heavy atom. The van der Waals surface area contributed by atoms with Gasteiger partial charge in [0.05, 0.1) is 12.2 Å². The topological polar surface area (TPSA) is 64.4 Å². The summed E-state index contributed by atoms with van der Waals surface area (Å²) in [5.41, 5.74) is 0.999. The number of rotatable bonds is 5. The third-order valence-corrected chi connectivity index (χ3v) is 2.94. The fraction of sp³-hybridized carbons (Fsp3) is 0.286. The summed E-state index contributed by atoms with van der Waals surface area (Å²) >= 11 is 0. The van der Waals surface area contributed by atoms with Crippen LogP contribution in [0, 0.1) is 6.92 Å². The number of benzene rings is 1. The van der Waals surface area contributed by atoms with Gasteiger partial charge >= 0.3 is 5.97 Å². The second-order valence-corrected chi connectivity index (χ2v) is 4.33. The van der Waals surface area contributed by atoms with Crippen molar-refractivity contribution >= 4 is 5.97 Å². The molecule has 0 saturated carbocycles. The highest BCUT2D eigenvalue weighted by atomic mass is 16.5. The summed E-state index contributed by atoms with van der Waals surface area (Å²) in [5.74, 6) is 0.715. The fourth-order valence-electron chi connectivity index (χ4n) is 1.86. The summed E-state index contributed by atoms with van der Waals surface area (Å²) < 4.78 is 7.55. The number of ether oxygens (including phenoxy) is 1. The van der Waals surface area contributed by atoms with Gasteiger partial charge in [-0.05, 0) is 30.7 Å². The van der Waals surface area contributed by atoms with Crippen LogP contribution in [-0.4, -0.2) is 27.2 Å². The molecule has 1 N–H and O–H groups in total. The van der Waals surface area contributed by atoms with E-state index >= 15 is 0 Å². The average molecular weight is 260 g/mol. The zero-order chi connectivity index (χ0) is 13.8. The quantitative estimate of drug-likeness (QED) is 0.893. The van der Waals surface area contributed by atoms with Crippen molar-refractivity contribution in [3.05, 3.63) is 47.5 Å². The minimum atomic E-state index is -0.919. The minimum absolute atomic E-state index is 0.302. The molecular weight excluding hydrogens is 244 g/mol. The molecule has 2 rings (SSSR count). The molecule has 1 aromatic heterocycles. The molecule has 0 unspecified atom stereocenters. The van der Waals surface area contributed by atoms with E-state index in [1.807, 2.05) is 17.8 Å². The second-order valence-electron chi connectivity index (χ2n) is 4.33. The number of imidazole rings is 1. The van der Waals surface area contributed by atoms with Crippen LogP contribution in [0.3, 0.4) is 0 Å². The van der Waals surface area contributed by atoms with Crippen molar-refractivity contribution in [1.82, 2.24) is 9.55 Å². The van der Waals surface area contributed by atoms with Crippen LogP contribution < -0.4 is 4.74 Å². The molecule has 5 nitrogen and oxygen atoms in total. The Kier molecular flexibility index (Phi) is 3.85. The zero-order valence-electron chi connectivity index (χ0n) is 11.0. The van der Waals surface area contributed by atoms with Crippen molar-refractivity contribution < 1.29 is 14.6 Å². The Morgan fingerprint density at radius 1 is 1.47 bits per heavy atom. The summed E-state index contributed by atoms with van der Waals surface area (Å²) in [6.45, 7) is 2.27. The third-order valence-electron chi connectivity index (χ3n) is 2.94. The highest BCUT2D eigenvalue weighted by Crippen LogP contribution is 2.17. The van der Waals surface area contributed by atoms with Gasteiger partial charge in [0, 0.05) is 25.9 Å². The number of hydrogen-bond acceptors (Lipinski definition) is 3. The maximum Gasteiger partial charge on any atom is 0.335 e. The van der Waals surface area contributed by atoms with Gasteiger partial charge in [0.25, 0.3) is 0 Å². The van der Waals surface area contributed by atoms with Crippen molar-refractivity contribution in [2.75, 3.05) is 6.61 Å². The normalized spacial score (nSPS) is 10.4. The van der Waals surface area contributed by atoms with Crippen LogP contribution in [-0.2, 0) is 13.5 Å². The Hall–Kier alpha value is -2.30. The molecule has 5 heteroatoms. The molecule has 1 aromatic carbocycles. The smallest absolute Gasteiger partial charge is 0.335 e. The molecule has 0 amide bonds. The van der Waals surface area contributed by atoms with Gasteiger partial charge in [0.1, 0.15) is 11.6 Å². The lowest BCUT2D eigenvalue weighted by Crippen LogP contribution is -2.07. The summed E-state index contributed by atoms with van der Waals surface area (Å²) in [4.78, 5) is 15.1. The Morgan fingerprint density at radius 3 is 2.84 bits per heavy atom. The van der Waals surface area contributed by atoms with Gasteiger partial charge < -0.3 is 14.4 Å². The molecule has 0 fully saturated rings. The van der Waals surface area contributed by atoms with E-state index in [1.54, 1.807) is 31.3 Å². The van der Waals surface area contributed by atoms with Gasteiger partial charge in [-0.2, -0.15) is 0 Å². The SMILES string of the molecule is Cc1cc(OCCc2nccn2C)ccc1C(=O)O. The largest absolute Gasteiger partial charge is 0.493 e. The van der Waals surface area contributed by atoms with Crippen molar-refractivity contribution in [2.24, 2.45) is 7.05 Å². The van der Waals surface area contributed by atoms with Gasteiger partial charge in [0.15, 0.2) is 0 Å². The number of hydrogen-bond donors (Lipinski definition) is 1. The minimum Gasteiger partial charge on any atom is -0.493 e. The predicted octanol–water partition coefficient (Wildman–Crippen LogP) is 2.05. The standard InChI is InChI=1S/C14H16N2O3/c1-10-9-11(3-4-12(10)14(17)18)19-8-5-13-15-6-7-16(13)2/h3-4,6-7,9H,5,8H2,1-2H3,(H,17,18). The van der Waals surface area contributed by atoms with Gasteiger partial charge in [-0.15, -0.1) is 0 Å². The van der Waals surface area contributed by atoms with Crippen molar-refractivity contribution in [3.63, 3.8) is 0 Å². The number of nitrogens with zero attached hydrogens (tertiary/aromatic N) is 2. The van der Waals surface area contributed by atoms with Crippen molar-refractivity contribution in [3.8, 4) is 5.75 Å². The van der Waals surface area contributed by atoms with Crippen molar-refractivity contribution in [1.29, 1.82) is 0 Å². The summed E-state index contributed by atoms with van der Waals surface area (Å²) in [7, 11) is 1.94. The predicted molar refractivity (Wildman–Crippen MR) is 70.5 cm³/mol. The Labute approximate surface area is 111 Å². The van der Waals surface area contributed by atoms with Gasteiger partial charge in [0.2, 0.25) is 0 Å². The molecule has 19 heavy (non-hydrogen) atoms. The lowest BCUT2D eigenvalue weighted by molar-refractivity contribution is 0.0696. The molecule has 2 aromatic rings. The number of carbonyl (C=O) groups is 1. The van der Waals surface area contributed by atoms with Crippen LogP contribution in [0.15, 0.2) is 30.6 Å². The zero-order valence-corrected chi connectivity index (χ0v) is 11.0. The van der Waals surface area contributed by atoms with Crippen LogP contribution in [0.1, 0.15) is 21.7 Å². The number of carboxylic acid groups (broad SMARTS) is 1. The molecule has 0 aliphatic rings. The number of aryl methyl sites for hydroxylation is 2. The lowest BCUT2D eigenvalue weighted by Gasteiger charge is -2.08. The van der Waals surface area contributed by atoms with Crippen LogP contribution in [0.4, 0.5) is 0 Å². The van der Waals surface area contributed by atoms with Crippen LogP contribution in [0.5, 0.6) is 5.75 Å². The molecule has 0 bridgehead atoms. The van der Waals surface area contributed by atoms with Crippen LogP contribution >= 0.6 is 0 Å². The van der Waals surface area contributed by atoms with E-state index in [-0.39, 0.29) is 0 Å². The second kappa shape index (κ2) is 5.56. The molecule has 0 spiro atoms. The fourth-order valence-corrected chi connectivity index (χ4v) is 1.86. The molecule has 0 radical (unpaired) electrons. The average Bonchev–Trinajstić information content (AvgIpc) is 2.75. The van der Waals surface area contributed by atoms with Gasteiger partial charge in [-0.3, -0.25) is 0 Å². The summed E-state index contributed by atoms with van der Waals surface area (Å²) in [6, 6.07) is 4.98. The first kappa shape index (κ1) is 13.1. The maximum absolute atomic E-state index is 10.9. The monoisotopic (exact) mass is 260 g/mol. The molecule has 0 aliphatic carbocycles. The van der Waals surface area contributed by atoms with Crippen LogP contribution in [0.25, 0.3) is 0 Å². The van der Waals surface area contributed by atoms with Crippen molar-refractivity contribution in [2.45, 2.75) is 13.3 Å². The molecule has 1 heterocycles. The number of aromatic nitrogens is 2. The van der Waals surface area contributed by atoms with E-state index in [0.717, 1.165) is 5.82 Å². The summed E-state index contributed by atoms with van der Waals surface area (Å²) in [5, 5.41) is 8.94. The first-order chi connectivity index (χ1) is 9.08. The van der Waals surface area contributed by atoms with Crippen LogP contribution in [0.2, 0.25) is 0 Å². The third kappa shape index (κ3) is 3.13. The van der Waals surface area contributed by atoms with E-state index < -0.39 is 5.97 Å². The van der Waals surface area contributed by atoms with E-state index in [0.29, 0.717) is 29.9 Å². The first-order valence-corrected chi connectivity index (χ1v) is 6.01. The first-order valence-electron chi connectivity index (χ1n) is 6.01. The Bertz CT molecular complexity index is 590. The molecule has 0 atom stereocenters. The maximum atomic E-state index is 10.9. The Balaban J connectivity index is 1.95. The summed E-state index contributed by atoms with van der Waals surface area (Å²) in [6.07, 6.45) is 4.35.